The van der Waals surface area contributed by atoms with E-state index in [2.05, 4.69) is 76.0 Å². The van der Waals surface area contributed by atoms with Crippen molar-refractivity contribution in [3.05, 3.63) is 91.2 Å². The summed E-state index contributed by atoms with van der Waals surface area (Å²) in [6, 6.07) is 16.0. The van der Waals surface area contributed by atoms with Gasteiger partial charge in [0.05, 0.1) is 33.8 Å². The Hall–Kier alpha value is -3.92. The normalized spacial score (nSPS) is 15.4. The zero-order chi connectivity index (χ0) is 30.4. The maximum absolute atomic E-state index is 14.6. The fraction of sp³-hybridized carbons (Fsp3) is 0.364. The topological polar surface area (TPSA) is 70.9 Å². The summed E-state index contributed by atoms with van der Waals surface area (Å²) in [6.45, 7) is 14.8. The van der Waals surface area contributed by atoms with Gasteiger partial charge in [-0.3, -0.25) is 0 Å². The van der Waals surface area contributed by atoms with Crippen molar-refractivity contribution in [3.8, 4) is 5.69 Å². The van der Waals surface area contributed by atoms with Gasteiger partial charge >= 0.3 is 0 Å². The zero-order valence-corrected chi connectivity index (χ0v) is 25.6. The zero-order valence-electron chi connectivity index (χ0n) is 24.8. The van der Waals surface area contributed by atoms with Crippen molar-refractivity contribution < 1.29 is 8.28 Å². The minimum atomic E-state index is -0.637. The first kappa shape index (κ1) is 30.5. The van der Waals surface area contributed by atoms with E-state index in [9.17, 15) is 8.28 Å². The molecule has 7 nitrogen and oxygen atoms in total. The molecule has 2 aromatic carbocycles. The fourth-order valence-corrected chi connectivity index (χ4v) is 5.89. The van der Waals surface area contributed by atoms with Crippen LogP contribution in [0.4, 0.5) is 14.0 Å². The Balaban J connectivity index is 1.38. The number of pyridine rings is 1. The van der Waals surface area contributed by atoms with E-state index in [0.29, 0.717) is 12.2 Å². The summed E-state index contributed by atoms with van der Waals surface area (Å²) in [4.78, 5) is 6.06. The van der Waals surface area contributed by atoms with Crippen molar-refractivity contribution >= 4 is 34.6 Å². The van der Waals surface area contributed by atoms with Crippen molar-refractivity contribution in [2.75, 3.05) is 25.0 Å². The van der Waals surface area contributed by atoms with Crippen LogP contribution in [0.15, 0.2) is 79.0 Å². The highest BCUT2D eigenvalue weighted by molar-refractivity contribution is 7.94. The second-order valence-electron chi connectivity index (χ2n) is 11.9. The standard InChI is InChI=1S/C33H39F2N7S/c1-5-36-17-16-33(3,4)15-14-24-19-26(42-31-11-7-6-10-30(31)39-40-42)12-13-29(24)38-25-9-8-18-41(22-25)23(2)28-20-27(43-35)21-37-32(28)34/h5-7,10-13,19-21,25,36,38H,1-2,8-9,14-18,22H2,3-4H3. The van der Waals surface area contributed by atoms with Crippen molar-refractivity contribution in [1.82, 2.24) is 30.2 Å². The number of anilines is 1. The van der Waals surface area contributed by atoms with Crippen LogP contribution in [0.1, 0.15) is 50.7 Å². The molecule has 0 amide bonds. The van der Waals surface area contributed by atoms with E-state index < -0.39 is 5.95 Å². The predicted octanol–water partition coefficient (Wildman–Crippen LogP) is 7.56. The molecule has 10 heteroatoms. The predicted molar refractivity (Wildman–Crippen MR) is 172 cm³/mol. The van der Waals surface area contributed by atoms with E-state index in [1.807, 2.05) is 28.9 Å². The van der Waals surface area contributed by atoms with E-state index in [1.54, 1.807) is 6.20 Å². The summed E-state index contributed by atoms with van der Waals surface area (Å²) in [5.41, 5.74) is 5.96. The lowest BCUT2D eigenvalue weighted by atomic mass is 9.83. The van der Waals surface area contributed by atoms with E-state index in [1.165, 1.54) is 17.8 Å². The van der Waals surface area contributed by atoms with Gasteiger partial charge < -0.3 is 15.5 Å². The molecule has 1 unspecified atom stereocenters. The number of halogens is 2. The number of hydrogen-bond acceptors (Lipinski definition) is 7. The first-order chi connectivity index (χ1) is 20.8. The van der Waals surface area contributed by atoms with Gasteiger partial charge in [0, 0.05) is 43.3 Å². The summed E-state index contributed by atoms with van der Waals surface area (Å²) in [7, 11) is 0. The number of para-hydroxylation sites is 1. The number of piperidine rings is 1. The smallest absolute Gasteiger partial charge is 0.222 e. The number of aryl methyl sites for hydroxylation is 1. The van der Waals surface area contributed by atoms with Gasteiger partial charge in [-0.2, -0.15) is 8.28 Å². The molecule has 0 bridgehead atoms. The number of rotatable bonds is 13. The summed E-state index contributed by atoms with van der Waals surface area (Å²) in [5, 5.41) is 15.8. The van der Waals surface area contributed by atoms with Crippen LogP contribution in [-0.4, -0.2) is 50.6 Å². The molecular formula is C33H39F2N7S. The van der Waals surface area contributed by atoms with Crippen LogP contribution in [0, 0.1) is 11.4 Å². The Labute approximate surface area is 256 Å². The van der Waals surface area contributed by atoms with Crippen LogP contribution in [0.25, 0.3) is 22.4 Å². The van der Waals surface area contributed by atoms with Gasteiger partial charge in [0.15, 0.2) is 0 Å². The highest BCUT2D eigenvalue weighted by Crippen LogP contribution is 2.32. The molecule has 1 fully saturated rings. The molecule has 0 radical (unpaired) electrons. The third kappa shape index (κ3) is 7.36. The highest BCUT2D eigenvalue weighted by atomic mass is 32.2. The molecule has 3 heterocycles. The largest absolute Gasteiger partial charge is 0.391 e. The van der Waals surface area contributed by atoms with Crippen LogP contribution in [-0.2, 0) is 6.42 Å². The Kier molecular flexibility index (Phi) is 9.65. The highest BCUT2D eigenvalue weighted by Gasteiger charge is 2.25. The van der Waals surface area contributed by atoms with E-state index in [0.717, 1.165) is 67.6 Å². The first-order valence-corrected chi connectivity index (χ1v) is 15.4. The van der Waals surface area contributed by atoms with Crippen LogP contribution < -0.4 is 10.6 Å². The van der Waals surface area contributed by atoms with E-state index >= 15 is 0 Å². The van der Waals surface area contributed by atoms with Gasteiger partial charge in [0.2, 0.25) is 5.95 Å². The SMILES string of the molecule is C=CNCCC(C)(C)CCc1cc(-n2nnc3ccccc32)ccc1NC1CCCN(C(=C)c2cc(SF)cnc2F)C1. The average Bonchev–Trinajstić information content (AvgIpc) is 3.45. The summed E-state index contributed by atoms with van der Waals surface area (Å²) < 4.78 is 29.6. The summed E-state index contributed by atoms with van der Waals surface area (Å²) >= 11 is 0.0526. The van der Waals surface area contributed by atoms with Crippen LogP contribution in [0.3, 0.4) is 0 Å². The van der Waals surface area contributed by atoms with Crippen molar-refractivity contribution in [2.24, 2.45) is 5.41 Å². The van der Waals surface area contributed by atoms with E-state index in [4.69, 9.17) is 0 Å². The lowest BCUT2D eigenvalue weighted by Gasteiger charge is -2.37. The Morgan fingerprint density at radius 1 is 1.19 bits per heavy atom. The number of benzene rings is 2. The lowest BCUT2D eigenvalue weighted by Crippen LogP contribution is -2.41. The van der Waals surface area contributed by atoms with Gasteiger partial charge in [0.25, 0.3) is 0 Å². The Morgan fingerprint density at radius 2 is 2.02 bits per heavy atom. The molecule has 0 spiro atoms. The van der Waals surface area contributed by atoms with Gasteiger partial charge in [-0.15, -0.1) is 5.10 Å². The molecule has 1 aliphatic heterocycles. The molecular weight excluding hydrogens is 564 g/mol. The molecule has 43 heavy (non-hydrogen) atoms. The number of nitrogens with zero attached hydrogens (tertiary/aromatic N) is 5. The summed E-state index contributed by atoms with van der Waals surface area (Å²) in [6.07, 6.45) is 7.75. The molecule has 5 rings (SSSR count). The third-order valence-electron chi connectivity index (χ3n) is 8.22. The van der Waals surface area contributed by atoms with Crippen molar-refractivity contribution in [1.29, 1.82) is 0 Å². The van der Waals surface area contributed by atoms with Crippen molar-refractivity contribution in [2.45, 2.75) is 56.9 Å². The Bertz CT molecular complexity index is 1580. The minimum absolute atomic E-state index is 0.0526. The van der Waals surface area contributed by atoms with Gasteiger partial charge in [-0.05, 0) is 85.7 Å². The number of hydrogen-bond donors (Lipinski definition) is 2. The van der Waals surface area contributed by atoms with Crippen LogP contribution in [0.2, 0.25) is 0 Å². The first-order valence-electron chi connectivity index (χ1n) is 14.7. The minimum Gasteiger partial charge on any atom is -0.391 e. The fourth-order valence-electron chi connectivity index (χ4n) is 5.63. The van der Waals surface area contributed by atoms with Crippen LogP contribution >= 0.6 is 12.1 Å². The number of fused-ring (bicyclic) bond motifs is 1. The lowest BCUT2D eigenvalue weighted by molar-refractivity contribution is 0.303. The molecule has 1 aliphatic rings. The molecule has 1 saturated heterocycles. The Morgan fingerprint density at radius 3 is 2.84 bits per heavy atom. The van der Waals surface area contributed by atoms with Gasteiger partial charge in [-0.1, -0.05) is 44.4 Å². The van der Waals surface area contributed by atoms with Gasteiger partial charge in [0.1, 0.15) is 5.52 Å². The quantitative estimate of drug-likeness (QED) is 0.121. The van der Waals surface area contributed by atoms with Crippen LogP contribution in [0.5, 0.6) is 0 Å². The maximum atomic E-state index is 14.6. The molecule has 226 valence electrons. The third-order valence-corrected chi connectivity index (χ3v) is 8.62. The molecule has 2 aromatic heterocycles. The number of likely N-dealkylation sites (tertiary alicyclic amines) is 1. The molecule has 0 saturated carbocycles. The second kappa shape index (κ2) is 13.6. The van der Waals surface area contributed by atoms with Crippen molar-refractivity contribution in [3.63, 3.8) is 0 Å². The van der Waals surface area contributed by atoms with E-state index in [-0.39, 0.29) is 34.1 Å². The van der Waals surface area contributed by atoms with Gasteiger partial charge in [-0.25, -0.2) is 9.67 Å². The molecule has 1 atom stereocenters. The monoisotopic (exact) mass is 603 g/mol. The molecule has 0 aliphatic carbocycles. The molecule has 4 aromatic rings. The average molecular weight is 604 g/mol. The maximum Gasteiger partial charge on any atom is 0.222 e. The molecule has 2 N–H and O–H groups in total. The summed E-state index contributed by atoms with van der Waals surface area (Å²) in [5.74, 6) is -0.637. The second-order valence-corrected chi connectivity index (χ2v) is 12.5. The number of nitrogens with one attached hydrogen (secondary N) is 2. The number of aromatic nitrogens is 4.